The highest BCUT2D eigenvalue weighted by Gasteiger charge is 2.34. The molecule has 0 atom stereocenters. The van der Waals surface area contributed by atoms with Gasteiger partial charge in [0.25, 0.3) is 0 Å². The molecule has 0 aliphatic carbocycles. The number of amides is 1. The second-order valence-corrected chi connectivity index (χ2v) is 10.9. The molecule has 0 aliphatic rings. The lowest BCUT2D eigenvalue weighted by molar-refractivity contribution is -0.145. The monoisotopic (exact) mass is 639 g/mol. The average Bonchev–Trinajstić information content (AvgIpc) is 3.00. The Morgan fingerprint density at radius 2 is 1.00 bits per heavy atom. The van der Waals surface area contributed by atoms with E-state index < -0.39 is 23.4 Å². The SMILES string of the molecule is O=C(O)CCOCC(COCCC(=O)O)(COCCC(=O)O)NC(=O)CCCCCCCCCCC(=O)OCc1ccccc1. The van der Waals surface area contributed by atoms with Crippen LogP contribution in [0.1, 0.15) is 89.0 Å². The van der Waals surface area contributed by atoms with Crippen LogP contribution in [0.3, 0.4) is 0 Å². The van der Waals surface area contributed by atoms with Gasteiger partial charge < -0.3 is 39.6 Å². The molecule has 1 amide bonds. The van der Waals surface area contributed by atoms with Crippen molar-refractivity contribution in [3.8, 4) is 0 Å². The van der Waals surface area contributed by atoms with Gasteiger partial charge in [0.2, 0.25) is 5.91 Å². The van der Waals surface area contributed by atoms with E-state index >= 15 is 0 Å². The Balaban J connectivity index is 2.39. The predicted octanol–water partition coefficient (Wildman–Crippen LogP) is 3.96. The summed E-state index contributed by atoms with van der Waals surface area (Å²) >= 11 is 0. The molecular weight excluding hydrogens is 590 g/mol. The van der Waals surface area contributed by atoms with Crippen LogP contribution < -0.4 is 5.32 Å². The highest BCUT2D eigenvalue weighted by molar-refractivity contribution is 5.76. The molecular formula is C32H49NO12. The number of unbranched alkanes of at least 4 members (excludes halogenated alkanes) is 7. The molecule has 0 aliphatic heterocycles. The molecule has 0 radical (unpaired) electrons. The van der Waals surface area contributed by atoms with Crippen molar-refractivity contribution in [3.63, 3.8) is 0 Å². The van der Waals surface area contributed by atoms with Gasteiger partial charge in [0.15, 0.2) is 0 Å². The molecule has 0 spiro atoms. The molecule has 1 rings (SSSR count). The van der Waals surface area contributed by atoms with E-state index in [2.05, 4.69) is 5.32 Å². The Labute approximate surface area is 264 Å². The maximum Gasteiger partial charge on any atom is 0.306 e. The zero-order valence-electron chi connectivity index (χ0n) is 26.0. The van der Waals surface area contributed by atoms with Crippen molar-refractivity contribution < 1.29 is 58.2 Å². The summed E-state index contributed by atoms with van der Waals surface area (Å²) in [6, 6.07) is 9.56. The zero-order valence-corrected chi connectivity index (χ0v) is 26.0. The second-order valence-electron chi connectivity index (χ2n) is 10.9. The number of esters is 1. The number of benzene rings is 1. The summed E-state index contributed by atoms with van der Waals surface area (Å²) in [6.45, 7) is -0.605. The van der Waals surface area contributed by atoms with E-state index in [1.165, 1.54) is 0 Å². The molecule has 0 saturated heterocycles. The van der Waals surface area contributed by atoms with Crippen molar-refractivity contribution in [3.05, 3.63) is 35.9 Å². The molecule has 1 aromatic rings. The fourth-order valence-electron chi connectivity index (χ4n) is 4.30. The number of aliphatic carboxylic acids is 3. The van der Waals surface area contributed by atoms with Gasteiger partial charge in [-0.05, 0) is 18.4 Å². The summed E-state index contributed by atoms with van der Waals surface area (Å²) in [6.07, 6.45) is 7.06. The van der Waals surface area contributed by atoms with Gasteiger partial charge in [0.1, 0.15) is 12.1 Å². The minimum Gasteiger partial charge on any atom is -0.481 e. The highest BCUT2D eigenvalue weighted by Crippen LogP contribution is 2.14. The molecule has 13 heteroatoms. The summed E-state index contributed by atoms with van der Waals surface area (Å²) in [5, 5.41) is 29.5. The fraction of sp³-hybridized carbons (Fsp3) is 0.656. The smallest absolute Gasteiger partial charge is 0.306 e. The third-order valence-corrected chi connectivity index (χ3v) is 6.70. The molecule has 4 N–H and O–H groups in total. The molecule has 0 heterocycles. The molecule has 0 bridgehead atoms. The summed E-state index contributed by atoms with van der Waals surface area (Å²) in [5.74, 6) is -3.66. The fourth-order valence-corrected chi connectivity index (χ4v) is 4.30. The first-order chi connectivity index (χ1) is 21.6. The van der Waals surface area contributed by atoms with E-state index in [-0.39, 0.29) is 77.2 Å². The molecule has 254 valence electrons. The van der Waals surface area contributed by atoms with E-state index in [1.54, 1.807) is 0 Å². The van der Waals surface area contributed by atoms with E-state index in [0.29, 0.717) is 19.4 Å². The third-order valence-electron chi connectivity index (χ3n) is 6.70. The lowest BCUT2D eigenvalue weighted by atomic mass is 10.0. The molecule has 13 nitrogen and oxygen atoms in total. The first kappa shape index (κ1) is 39.5. The summed E-state index contributed by atoms with van der Waals surface area (Å²) < 4.78 is 21.8. The Morgan fingerprint density at radius 1 is 0.578 bits per heavy atom. The summed E-state index contributed by atoms with van der Waals surface area (Å²) in [5.41, 5.74) is -0.297. The number of hydrogen-bond donors (Lipinski definition) is 4. The second kappa shape index (κ2) is 24.7. The van der Waals surface area contributed by atoms with Crippen LogP contribution in [0, 0.1) is 0 Å². The van der Waals surface area contributed by atoms with Gasteiger partial charge >= 0.3 is 23.9 Å². The first-order valence-electron chi connectivity index (χ1n) is 15.5. The standard InChI is InChI=1S/C32H49NO12/c34-27(14-10-5-3-1-2-4-6-11-15-31(41)45-22-26-12-8-7-9-13-26)33-32(23-42-19-16-28(35)36,24-43-20-17-29(37)38)25-44-21-18-30(39)40/h7-9,12-13H,1-6,10-11,14-25H2,(H,33,34)(H,35,36)(H,37,38)(H,39,40). The molecule has 1 aromatic carbocycles. The van der Waals surface area contributed by atoms with Gasteiger partial charge in [-0.2, -0.15) is 0 Å². The quantitative estimate of drug-likeness (QED) is 0.0729. The lowest BCUT2D eigenvalue weighted by Crippen LogP contribution is -2.58. The molecule has 0 fully saturated rings. The van der Waals surface area contributed by atoms with E-state index in [9.17, 15) is 24.0 Å². The largest absolute Gasteiger partial charge is 0.481 e. The molecule has 0 saturated carbocycles. The Morgan fingerprint density at radius 3 is 1.44 bits per heavy atom. The van der Waals surface area contributed by atoms with Crippen LogP contribution in [0.25, 0.3) is 0 Å². The zero-order chi connectivity index (χ0) is 33.2. The minimum absolute atomic E-state index is 0.129. The van der Waals surface area contributed by atoms with E-state index in [1.807, 2.05) is 30.3 Å². The number of carboxylic acids is 3. The van der Waals surface area contributed by atoms with E-state index in [4.69, 9.17) is 34.3 Å². The topological polar surface area (TPSA) is 195 Å². The maximum absolute atomic E-state index is 12.9. The van der Waals surface area contributed by atoms with Gasteiger partial charge in [-0.15, -0.1) is 0 Å². The number of carbonyl (C=O) groups excluding carboxylic acids is 2. The van der Waals surface area contributed by atoms with Crippen molar-refractivity contribution in [2.24, 2.45) is 0 Å². The van der Waals surface area contributed by atoms with Gasteiger partial charge in [-0.25, -0.2) is 0 Å². The van der Waals surface area contributed by atoms with Crippen LogP contribution in [0.4, 0.5) is 0 Å². The van der Waals surface area contributed by atoms with Crippen LogP contribution in [-0.4, -0.2) is 90.3 Å². The molecule has 45 heavy (non-hydrogen) atoms. The van der Waals surface area contributed by atoms with Crippen molar-refractivity contribution >= 4 is 29.8 Å². The lowest BCUT2D eigenvalue weighted by Gasteiger charge is -2.34. The van der Waals surface area contributed by atoms with Gasteiger partial charge in [0.05, 0.1) is 58.9 Å². The number of nitrogens with one attached hydrogen (secondary N) is 1. The first-order valence-corrected chi connectivity index (χ1v) is 15.5. The highest BCUT2D eigenvalue weighted by atomic mass is 16.5. The number of ether oxygens (including phenoxy) is 4. The van der Waals surface area contributed by atoms with Crippen LogP contribution in [0.15, 0.2) is 30.3 Å². The van der Waals surface area contributed by atoms with Crippen molar-refractivity contribution in [2.45, 2.75) is 95.6 Å². The van der Waals surface area contributed by atoms with Crippen LogP contribution >= 0.6 is 0 Å². The van der Waals surface area contributed by atoms with Crippen LogP contribution in [0.5, 0.6) is 0 Å². The van der Waals surface area contributed by atoms with Crippen LogP contribution in [-0.2, 0) is 49.5 Å². The average molecular weight is 640 g/mol. The number of carboxylic acid groups (broad SMARTS) is 3. The van der Waals surface area contributed by atoms with Gasteiger partial charge in [0, 0.05) is 12.8 Å². The Kier molecular flexibility index (Phi) is 21.7. The third kappa shape index (κ3) is 22.6. The van der Waals surface area contributed by atoms with Crippen molar-refractivity contribution in [2.75, 3.05) is 39.6 Å². The van der Waals surface area contributed by atoms with Crippen LogP contribution in [0.2, 0.25) is 0 Å². The Hall–Kier alpha value is -3.55. The summed E-state index contributed by atoms with van der Waals surface area (Å²) in [7, 11) is 0. The van der Waals surface area contributed by atoms with Crippen molar-refractivity contribution in [1.82, 2.24) is 5.32 Å². The Bertz CT molecular complexity index is 946. The van der Waals surface area contributed by atoms with Gasteiger partial charge in [-0.1, -0.05) is 68.9 Å². The summed E-state index contributed by atoms with van der Waals surface area (Å²) in [4.78, 5) is 57.4. The van der Waals surface area contributed by atoms with Crippen molar-refractivity contribution in [1.29, 1.82) is 0 Å². The minimum atomic E-state index is -1.26. The van der Waals surface area contributed by atoms with E-state index in [0.717, 1.165) is 50.5 Å². The molecule has 0 unspecified atom stereocenters. The molecule has 0 aromatic heterocycles. The van der Waals surface area contributed by atoms with Gasteiger partial charge in [-0.3, -0.25) is 24.0 Å². The maximum atomic E-state index is 12.9. The number of hydrogen-bond acceptors (Lipinski definition) is 9. The number of rotatable bonds is 29. The predicted molar refractivity (Wildman–Crippen MR) is 162 cm³/mol. The number of carbonyl (C=O) groups is 5. The normalized spacial score (nSPS) is 11.2.